The summed E-state index contributed by atoms with van der Waals surface area (Å²) in [5.41, 5.74) is 3.60. The van der Waals surface area contributed by atoms with Crippen LogP contribution >= 0.6 is 0 Å². The molecule has 0 radical (unpaired) electrons. The average Bonchev–Trinajstić information content (AvgIpc) is 3.29. The van der Waals surface area contributed by atoms with Gasteiger partial charge in [-0.2, -0.15) is 0 Å². The number of pyridine rings is 1. The molecule has 1 amide bonds. The summed E-state index contributed by atoms with van der Waals surface area (Å²) >= 11 is 0. The smallest absolute Gasteiger partial charge is 0.222 e. The molecule has 160 valence electrons. The second kappa shape index (κ2) is 10.1. The number of amides is 1. The molecule has 4 nitrogen and oxygen atoms in total. The van der Waals surface area contributed by atoms with Crippen molar-refractivity contribution in [3.8, 4) is 5.75 Å². The largest absolute Gasteiger partial charge is 0.494 e. The molecular weight excluding hydrogens is 372 g/mol. The van der Waals surface area contributed by atoms with Crippen LogP contribution in [0.15, 0.2) is 42.6 Å². The highest BCUT2D eigenvalue weighted by Crippen LogP contribution is 2.30. The Kier molecular flexibility index (Phi) is 7.03. The Bertz CT molecular complexity index is 810. The highest BCUT2D eigenvalue weighted by Gasteiger charge is 2.27. The Labute approximate surface area is 180 Å². The number of hydrogen-bond donors (Lipinski definition) is 0. The van der Waals surface area contributed by atoms with Crippen LogP contribution in [0.2, 0.25) is 0 Å². The van der Waals surface area contributed by atoms with Gasteiger partial charge in [0.1, 0.15) is 5.75 Å². The van der Waals surface area contributed by atoms with Crippen molar-refractivity contribution in [1.29, 1.82) is 0 Å². The van der Waals surface area contributed by atoms with Crippen molar-refractivity contribution >= 4 is 5.91 Å². The van der Waals surface area contributed by atoms with Crippen LogP contribution in [0.4, 0.5) is 0 Å². The van der Waals surface area contributed by atoms with E-state index in [1.54, 1.807) is 0 Å². The minimum atomic E-state index is 0.360. The minimum Gasteiger partial charge on any atom is -0.494 e. The van der Waals surface area contributed by atoms with Gasteiger partial charge in [-0.1, -0.05) is 31.0 Å². The van der Waals surface area contributed by atoms with Gasteiger partial charge >= 0.3 is 0 Å². The van der Waals surface area contributed by atoms with E-state index in [-0.39, 0.29) is 0 Å². The van der Waals surface area contributed by atoms with E-state index in [4.69, 9.17) is 9.72 Å². The maximum absolute atomic E-state index is 12.7. The minimum absolute atomic E-state index is 0.360. The van der Waals surface area contributed by atoms with Crippen molar-refractivity contribution < 1.29 is 9.53 Å². The van der Waals surface area contributed by atoms with Crippen molar-refractivity contribution in [2.24, 2.45) is 5.92 Å². The molecule has 0 unspecified atom stereocenters. The molecule has 1 saturated carbocycles. The van der Waals surface area contributed by atoms with Gasteiger partial charge in [-0.3, -0.25) is 9.78 Å². The predicted molar refractivity (Wildman–Crippen MR) is 120 cm³/mol. The van der Waals surface area contributed by atoms with E-state index in [1.165, 1.54) is 36.8 Å². The van der Waals surface area contributed by atoms with Gasteiger partial charge in [0, 0.05) is 37.3 Å². The average molecular weight is 407 g/mol. The fraction of sp³-hybridized carbons (Fsp3) is 0.538. The number of likely N-dealkylation sites (tertiary alicyclic amines) is 1. The Morgan fingerprint density at radius 2 is 1.80 bits per heavy atom. The first-order valence-electron chi connectivity index (χ1n) is 11.7. The van der Waals surface area contributed by atoms with Crippen molar-refractivity contribution in [3.63, 3.8) is 0 Å². The van der Waals surface area contributed by atoms with Crippen LogP contribution in [0.5, 0.6) is 5.75 Å². The molecule has 0 bridgehead atoms. The third kappa shape index (κ3) is 5.41. The monoisotopic (exact) mass is 406 g/mol. The van der Waals surface area contributed by atoms with Gasteiger partial charge in [0.05, 0.1) is 6.61 Å². The molecule has 2 aliphatic rings. The Morgan fingerprint density at radius 3 is 2.50 bits per heavy atom. The first-order valence-corrected chi connectivity index (χ1v) is 11.7. The number of carbonyl (C=O) groups is 1. The molecular formula is C26H34N2O2. The molecule has 0 spiro atoms. The van der Waals surface area contributed by atoms with E-state index in [1.807, 2.05) is 25.3 Å². The van der Waals surface area contributed by atoms with Crippen LogP contribution in [0, 0.1) is 5.92 Å². The standard InChI is InChI=1S/C26H34N2O2/c1-2-30-24-12-9-21(10-13-24)16-22-11-14-25(27-18-22)23-8-5-15-28(19-23)26(29)17-20-6-3-4-7-20/h9-14,18,20,23H,2-8,15-17,19H2,1H3/t23-/m1/s1. The summed E-state index contributed by atoms with van der Waals surface area (Å²) in [6.45, 7) is 4.43. The van der Waals surface area contributed by atoms with Crippen molar-refractivity contribution in [2.45, 2.75) is 64.2 Å². The highest BCUT2D eigenvalue weighted by molar-refractivity contribution is 5.76. The van der Waals surface area contributed by atoms with Gasteiger partial charge in [0.25, 0.3) is 0 Å². The second-order valence-electron chi connectivity index (χ2n) is 8.88. The molecule has 1 aliphatic heterocycles. The molecule has 1 aromatic carbocycles. The summed E-state index contributed by atoms with van der Waals surface area (Å²) < 4.78 is 5.52. The third-order valence-electron chi connectivity index (χ3n) is 6.62. The molecule has 4 heteroatoms. The van der Waals surface area contributed by atoms with Crippen LogP contribution in [0.3, 0.4) is 0 Å². The van der Waals surface area contributed by atoms with Crippen molar-refractivity contribution in [3.05, 3.63) is 59.4 Å². The molecule has 2 aromatic rings. The van der Waals surface area contributed by atoms with Gasteiger partial charge in [0.2, 0.25) is 5.91 Å². The van der Waals surface area contributed by atoms with E-state index in [0.717, 1.165) is 50.2 Å². The predicted octanol–water partition coefficient (Wildman–Crippen LogP) is 5.36. The number of benzene rings is 1. The Balaban J connectivity index is 1.33. The van der Waals surface area contributed by atoms with E-state index in [0.29, 0.717) is 24.3 Å². The molecule has 1 atom stereocenters. The maximum atomic E-state index is 12.7. The van der Waals surface area contributed by atoms with Crippen LogP contribution < -0.4 is 4.74 Å². The quantitative estimate of drug-likeness (QED) is 0.622. The zero-order valence-corrected chi connectivity index (χ0v) is 18.2. The van der Waals surface area contributed by atoms with E-state index in [9.17, 15) is 4.79 Å². The maximum Gasteiger partial charge on any atom is 0.222 e. The fourth-order valence-corrected chi connectivity index (χ4v) is 4.92. The SMILES string of the molecule is CCOc1ccc(Cc2ccc([C@@H]3CCCN(C(=O)CC4CCCC4)C3)nc2)cc1. The molecule has 1 aliphatic carbocycles. The van der Waals surface area contributed by atoms with Crippen LogP contribution in [0.1, 0.15) is 74.6 Å². The normalized spacial score (nSPS) is 19.8. The third-order valence-corrected chi connectivity index (χ3v) is 6.62. The van der Waals surface area contributed by atoms with Crippen molar-refractivity contribution in [1.82, 2.24) is 9.88 Å². The molecule has 1 aromatic heterocycles. The molecule has 2 heterocycles. The van der Waals surface area contributed by atoms with Gasteiger partial charge < -0.3 is 9.64 Å². The zero-order chi connectivity index (χ0) is 20.8. The summed E-state index contributed by atoms with van der Waals surface area (Å²) in [6, 6.07) is 12.7. The van der Waals surface area contributed by atoms with E-state index < -0.39 is 0 Å². The summed E-state index contributed by atoms with van der Waals surface area (Å²) in [5.74, 6) is 2.27. The Hall–Kier alpha value is -2.36. The number of carbonyl (C=O) groups excluding carboxylic acids is 1. The fourth-order valence-electron chi connectivity index (χ4n) is 4.92. The summed E-state index contributed by atoms with van der Waals surface area (Å²) in [6.07, 6.45) is 10.9. The first-order chi connectivity index (χ1) is 14.7. The van der Waals surface area contributed by atoms with Gasteiger partial charge in [-0.25, -0.2) is 0 Å². The number of ether oxygens (including phenoxy) is 1. The van der Waals surface area contributed by atoms with Crippen LogP contribution in [-0.2, 0) is 11.2 Å². The first kappa shape index (κ1) is 20.9. The summed E-state index contributed by atoms with van der Waals surface area (Å²) in [5, 5.41) is 0. The zero-order valence-electron chi connectivity index (χ0n) is 18.2. The van der Waals surface area contributed by atoms with Crippen molar-refractivity contribution in [2.75, 3.05) is 19.7 Å². The lowest BCUT2D eigenvalue weighted by molar-refractivity contribution is -0.133. The number of aromatic nitrogens is 1. The lowest BCUT2D eigenvalue weighted by Gasteiger charge is -2.33. The molecule has 2 fully saturated rings. The van der Waals surface area contributed by atoms with E-state index >= 15 is 0 Å². The number of hydrogen-bond acceptors (Lipinski definition) is 3. The summed E-state index contributed by atoms with van der Waals surface area (Å²) in [4.78, 5) is 19.6. The molecule has 30 heavy (non-hydrogen) atoms. The highest BCUT2D eigenvalue weighted by atomic mass is 16.5. The van der Waals surface area contributed by atoms with Gasteiger partial charge in [-0.15, -0.1) is 0 Å². The van der Waals surface area contributed by atoms with Gasteiger partial charge in [-0.05, 0) is 74.3 Å². The van der Waals surface area contributed by atoms with Gasteiger partial charge in [0.15, 0.2) is 0 Å². The number of nitrogens with zero attached hydrogens (tertiary/aromatic N) is 2. The molecule has 1 saturated heterocycles. The molecule has 0 N–H and O–H groups in total. The summed E-state index contributed by atoms with van der Waals surface area (Å²) in [7, 11) is 0. The lowest BCUT2D eigenvalue weighted by atomic mass is 9.93. The number of rotatable bonds is 7. The van der Waals surface area contributed by atoms with Crippen LogP contribution in [0.25, 0.3) is 0 Å². The Morgan fingerprint density at radius 1 is 1.03 bits per heavy atom. The lowest BCUT2D eigenvalue weighted by Crippen LogP contribution is -2.39. The van der Waals surface area contributed by atoms with E-state index in [2.05, 4.69) is 29.2 Å². The second-order valence-corrected chi connectivity index (χ2v) is 8.88. The van der Waals surface area contributed by atoms with Crippen LogP contribution in [-0.4, -0.2) is 35.5 Å². The molecule has 4 rings (SSSR count). The topological polar surface area (TPSA) is 42.4 Å². The number of piperidine rings is 1.